The summed E-state index contributed by atoms with van der Waals surface area (Å²) in [6.45, 7) is 10.0. The number of benzene rings is 1. The van der Waals surface area contributed by atoms with Crippen molar-refractivity contribution in [1.82, 2.24) is 15.5 Å². The number of esters is 1. The molecule has 0 bridgehead atoms. The Bertz CT molecular complexity index is 880. The molecule has 10 heteroatoms. The lowest BCUT2D eigenvalue weighted by molar-refractivity contribution is -0.144. The van der Waals surface area contributed by atoms with Crippen LogP contribution >= 0.6 is 0 Å². The number of carbonyl (C=O) groups is 4. The summed E-state index contributed by atoms with van der Waals surface area (Å²) in [5.74, 6) is -1.64. The number of likely N-dealkylation sites (N-methyl/N-ethyl adjacent to an activating group) is 1. The van der Waals surface area contributed by atoms with E-state index >= 15 is 0 Å². The largest absolute Gasteiger partial charge is 0.466 e. The van der Waals surface area contributed by atoms with E-state index in [0.717, 1.165) is 11.1 Å². The summed E-state index contributed by atoms with van der Waals surface area (Å²) in [5.41, 5.74) is 1.53. The molecule has 1 aromatic rings. The van der Waals surface area contributed by atoms with E-state index in [0.29, 0.717) is 5.56 Å². The Morgan fingerprint density at radius 3 is 2.35 bits per heavy atom. The Morgan fingerprint density at radius 2 is 1.79 bits per heavy atom. The predicted octanol–water partition coefficient (Wildman–Crippen LogP) is 1.76. The van der Waals surface area contributed by atoms with Gasteiger partial charge in [0.1, 0.15) is 17.7 Å². The van der Waals surface area contributed by atoms with Crippen LogP contribution in [-0.4, -0.2) is 72.3 Å². The van der Waals surface area contributed by atoms with Crippen molar-refractivity contribution in [2.75, 3.05) is 26.8 Å². The van der Waals surface area contributed by atoms with Gasteiger partial charge in [0.15, 0.2) is 0 Å². The molecule has 0 radical (unpaired) electrons. The van der Waals surface area contributed by atoms with Crippen LogP contribution in [0.1, 0.15) is 56.8 Å². The Balaban J connectivity index is 3.15. The first-order valence-electron chi connectivity index (χ1n) is 11.2. The minimum atomic E-state index is -1.32. The molecule has 0 aliphatic heterocycles. The van der Waals surface area contributed by atoms with E-state index in [4.69, 9.17) is 9.47 Å². The van der Waals surface area contributed by atoms with Gasteiger partial charge in [0.2, 0.25) is 11.8 Å². The highest BCUT2D eigenvalue weighted by Crippen LogP contribution is 2.26. The number of amides is 3. The maximum atomic E-state index is 13.2. The van der Waals surface area contributed by atoms with Crippen molar-refractivity contribution in [2.45, 2.75) is 65.6 Å². The van der Waals surface area contributed by atoms with E-state index in [1.165, 1.54) is 11.9 Å². The maximum Gasteiger partial charge on any atom is 0.408 e. The molecule has 0 fully saturated rings. The van der Waals surface area contributed by atoms with Gasteiger partial charge in [-0.25, -0.2) is 4.79 Å². The number of hydrogen-bond acceptors (Lipinski definition) is 7. The van der Waals surface area contributed by atoms with Crippen LogP contribution in [0.4, 0.5) is 4.79 Å². The van der Waals surface area contributed by atoms with Crippen LogP contribution < -0.4 is 10.6 Å². The number of hydrogen-bond donors (Lipinski definition) is 3. The number of aryl methyl sites for hydroxylation is 1. The summed E-state index contributed by atoms with van der Waals surface area (Å²) in [5, 5.41) is 14.8. The van der Waals surface area contributed by atoms with Crippen molar-refractivity contribution >= 4 is 23.9 Å². The fraction of sp³-hybridized carbons (Fsp3) is 0.583. The molecule has 2 atom stereocenters. The topological polar surface area (TPSA) is 134 Å². The lowest BCUT2D eigenvalue weighted by Crippen LogP contribution is -2.53. The number of aliphatic hydroxyl groups excluding tert-OH is 1. The number of ether oxygens (including phenoxy) is 2. The van der Waals surface area contributed by atoms with E-state index in [1.807, 2.05) is 19.9 Å². The summed E-state index contributed by atoms with van der Waals surface area (Å²) in [7, 11) is 1.42. The molecule has 0 spiro atoms. The van der Waals surface area contributed by atoms with Crippen molar-refractivity contribution < 1.29 is 33.8 Å². The van der Waals surface area contributed by atoms with Crippen LogP contribution in [0.5, 0.6) is 0 Å². The highest BCUT2D eigenvalue weighted by molar-refractivity contribution is 5.92. The molecule has 3 N–H and O–H groups in total. The summed E-state index contributed by atoms with van der Waals surface area (Å²) >= 11 is 0. The van der Waals surface area contributed by atoms with Gasteiger partial charge < -0.3 is 30.1 Å². The van der Waals surface area contributed by atoms with Gasteiger partial charge >= 0.3 is 12.1 Å². The quantitative estimate of drug-likeness (QED) is 0.435. The van der Waals surface area contributed by atoms with Crippen LogP contribution in [0.25, 0.3) is 0 Å². The Morgan fingerprint density at radius 1 is 1.15 bits per heavy atom. The molecule has 34 heavy (non-hydrogen) atoms. The van der Waals surface area contributed by atoms with Crippen molar-refractivity contribution in [2.24, 2.45) is 0 Å². The summed E-state index contributed by atoms with van der Waals surface area (Å²) in [4.78, 5) is 51.3. The second kappa shape index (κ2) is 12.9. The molecule has 0 saturated carbocycles. The molecule has 1 aromatic carbocycles. The monoisotopic (exact) mass is 479 g/mol. The van der Waals surface area contributed by atoms with E-state index in [-0.39, 0.29) is 19.6 Å². The molecule has 0 aromatic heterocycles. The smallest absolute Gasteiger partial charge is 0.408 e. The zero-order valence-corrected chi connectivity index (χ0v) is 21.1. The molecule has 190 valence electrons. The second-order valence-corrected chi connectivity index (χ2v) is 8.87. The maximum absolute atomic E-state index is 13.2. The fourth-order valence-electron chi connectivity index (χ4n) is 3.22. The first-order valence-corrected chi connectivity index (χ1v) is 11.2. The fourth-order valence-corrected chi connectivity index (χ4v) is 3.22. The van der Waals surface area contributed by atoms with E-state index in [1.54, 1.807) is 39.8 Å². The van der Waals surface area contributed by atoms with Gasteiger partial charge in [-0.05, 0) is 58.2 Å². The number of carbonyl (C=O) groups excluding carboxylic acids is 4. The summed E-state index contributed by atoms with van der Waals surface area (Å²) in [6.07, 6.45) is -0.883. The molecular weight excluding hydrogens is 442 g/mol. The third-order valence-electron chi connectivity index (χ3n) is 5.03. The standard InChI is InChI=1S/C24H37N3O7/c1-8-33-19(29)12-13-25-21(30)20(17-11-9-10-15(2)16(17)3)27(7)22(31)18(14-28)26-23(32)34-24(4,5)6/h9-11,18,20,28H,8,12-14H2,1-7H3,(H,25,30)(H,26,32). The molecule has 3 amide bonds. The van der Waals surface area contributed by atoms with Crippen molar-refractivity contribution in [3.63, 3.8) is 0 Å². The lowest BCUT2D eigenvalue weighted by Gasteiger charge is -2.32. The SMILES string of the molecule is CCOC(=O)CCNC(=O)C(c1cccc(C)c1C)N(C)C(=O)C(CO)NC(=O)OC(C)(C)C. The number of rotatable bonds is 10. The molecule has 10 nitrogen and oxygen atoms in total. The van der Waals surface area contributed by atoms with Crippen LogP contribution in [0, 0.1) is 13.8 Å². The van der Waals surface area contributed by atoms with Gasteiger partial charge in [-0.1, -0.05) is 18.2 Å². The molecular formula is C24H37N3O7. The third kappa shape index (κ3) is 8.66. The van der Waals surface area contributed by atoms with E-state index < -0.39 is 48.2 Å². The highest BCUT2D eigenvalue weighted by Gasteiger charge is 2.34. The van der Waals surface area contributed by atoms with Crippen LogP contribution in [0.15, 0.2) is 18.2 Å². The molecule has 0 heterocycles. The van der Waals surface area contributed by atoms with E-state index in [2.05, 4.69) is 10.6 Å². The molecule has 2 unspecified atom stereocenters. The van der Waals surface area contributed by atoms with Crippen molar-refractivity contribution in [3.05, 3.63) is 34.9 Å². The first kappa shape index (κ1) is 28.9. The highest BCUT2D eigenvalue weighted by atomic mass is 16.6. The van der Waals surface area contributed by atoms with Gasteiger partial charge in [-0.15, -0.1) is 0 Å². The second-order valence-electron chi connectivity index (χ2n) is 8.87. The normalized spacial score (nSPS) is 12.8. The average molecular weight is 480 g/mol. The van der Waals surface area contributed by atoms with Crippen molar-refractivity contribution in [3.8, 4) is 0 Å². The molecule has 1 rings (SSSR count). The van der Waals surface area contributed by atoms with Crippen molar-refractivity contribution in [1.29, 1.82) is 0 Å². The lowest BCUT2D eigenvalue weighted by atomic mass is 9.95. The Hall–Kier alpha value is -3.14. The predicted molar refractivity (Wildman–Crippen MR) is 126 cm³/mol. The minimum absolute atomic E-state index is 0.0176. The minimum Gasteiger partial charge on any atom is -0.466 e. The van der Waals surface area contributed by atoms with Crippen LogP contribution in [0.2, 0.25) is 0 Å². The average Bonchev–Trinajstić information content (AvgIpc) is 2.73. The number of alkyl carbamates (subject to hydrolysis) is 1. The van der Waals surface area contributed by atoms with Gasteiger partial charge in [0.05, 0.1) is 19.6 Å². The zero-order valence-electron chi connectivity index (χ0n) is 21.1. The van der Waals surface area contributed by atoms with Crippen LogP contribution in [-0.2, 0) is 23.9 Å². The Kier molecular flexibility index (Phi) is 11.0. The summed E-state index contributed by atoms with van der Waals surface area (Å²) in [6, 6.07) is 3.01. The number of nitrogens with zero attached hydrogens (tertiary/aromatic N) is 1. The van der Waals surface area contributed by atoms with Gasteiger partial charge in [-0.3, -0.25) is 14.4 Å². The molecule has 0 aliphatic carbocycles. The van der Waals surface area contributed by atoms with Gasteiger partial charge in [0, 0.05) is 13.6 Å². The zero-order chi connectivity index (χ0) is 26.1. The van der Waals surface area contributed by atoms with Gasteiger partial charge in [-0.2, -0.15) is 0 Å². The van der Waals surface area contributed by atoms with Gasteiger partial charge in [0.25, 0.3) is 0 Å². The summed E-state index contributed by atoms with van der Waals surface area (Å²) < 4.78 is 10.0. The first-order chi connectivity index (χ1) is 15.8. The molecule has 0 saturated heterocycles. The Labute approximate surface area is 201 Å². The number of nitrogens with one attached hydrogen (secondary N) is 2. The number of aliphatic hydroxyl groups is 1. The van der Waals surface area contributed by atoms with Crippen LogP contribution in [0.3, 0.4) is 0 Å². The third-order valence-corrected chi connectivity index (χ3v) is 5.03. The van der Waals surface area contributed by atoms with E-state index in [9.17, 15) is 24.3 Å². The molecule has 0 aliphatic rings.